The molecule has 0 aromatic rings. The van der Waals surface area contributed by atoms with E-state index in [9.17, 15) is 4.79 Å². The van der Waals surface area contributed by atoms with E-state index in [1.54, 1.807) is 0 Å². The summed E-state index contributed by atoms with van der Waals surface area (Å²) in [6.45, 7) is 2.23. The third kappa shape index (κ3) is 7.88. The van der Waals surface area contributed by atoms with Gasteiger partial charge in [-0.05, 0) is 18.6 Å². The summed E-state index contributed by atoms with van der Waals surface area (Å²) in [5.74, 6) is 0.874. The van der Waals surface area contributed by atoms with Crippen molar-refractivity contribution in [2.45, 2.75) is 32.6 Å². The predicted molar refractivity (Wildman–Crippen MR) is 48.7 cm³/mol. The summed E-state index contributed by atoms with van der Waals surface area (Å²) in [6, 6.07) is 0. The van der Waals surface area contributed by atoms with Gasteiger partial charge in [-0.15, -0.1) is 0 Å². The van der Waals surface area contributed by atoms with E-state index in [0.717, 1.165) is 25.0 Å². The molecule has 0 rings (SSSR count). The number of hydrogen-bond donors (Lipinski definition) is 1. The van der Waals surface area contributed by atoms with Crippen LogP contribution in [0.25, 0.3) is 0 Å². The van der Waals surface area contributed by atoms with E-state index in [0.29, 0.717) is 6.42 Å². The minimum Gasteiger partial charge on any atom is -0.396 e. The molecule has 0 saturated carbocycles. The van der Waals surface area contributed by atoms with Crippen molar-refractivity contribution in [2.24, 2.45) is 0 Å². The summed E-state index contributed by atoms with van der Waals surface area (Å²) in [5, 5.41) is 8.73. The molecular weight excluding hydrogens is 160 g/mol. The van der Waals surface area contributed by atoms with Crippen LogP contribution >= 0.6 is 11.8 Å². The van der Waals surface area contributed by atoms with E-state index in [2.05, 4.69) is 0 Å². The van der Waals surface area contributed by atoms with Gasteiger partial charge >= 0.3 is 0 Å². The van der Waals surface area contributed by atoms with Crippen LogP contribution in [0.3, 0.4) is 0 Å². The molecule has 0 bridgehead atoms. The summed E-state index contributed by atoms with van der Waals surface area (Å²) in [6.07, 6.45) is 3.38. The number of rotatable bonds is 6. The first-order chi connectivity index (χ1) is 5.31. The molecule has 1 N–H and O–H groups in total. The normalized spacial score (nSPS) is 10.0. The standard InChI is InChI=1S/C8H16O2S/c1-2-11-8(10)6-4-3-5-7-9/h9H,2-7H2,1H3. The Bertz CT molecular complexity index is 104. The largest absolute Gasteiger partial charge is 0.396 e. The Labute approximate surface area is 72.4 Å². The molecule has 0 aromatic heterocycles. The van der Waals surface area contributed by atoms with Gasteiger partial charge in [-0.2, -0.15) is 0 Å². The predicted octanol–water partition coefficient (Wildman–Crippen LogP) is 1.82. The molecule has 0 fully saturated rings. The number of carbonyl (C=O) groups excluding carboxylic acids is 1. The summed E-state index contributed by atoms with van der Waals surface area (Å²) in [7, 11) is 0. The summed E-state index contributed by atoms with van der Waals surface area (Å²) in [4.78, 5) is 10.9. The molecule has 0 heterocycles. The number of carbonyl (C=O) groups is 1. The number of aliphatic hydroxyl groups excluding tert-OH is 1. The van der Waals surface area contributed by atoms with Crippen molar-refractivity contribution in [1.82, 2.24) is 0 Å². The van der Waals surface area contributed by atoms with E-state index >= 15 is 0 Å². The lowest BCUT2D eigenvalue weighted by Gasteiger charge is -1.97. The Balaban J connectivity index is 3.04. The molecule has 2 nitrogen and oxygen atoms in total. The molecule has 3 heteroatoms. The second-order valence-electron chi connectivity index (χ2n) is 2.34. The van der Waals surface area contributed by atoms with Gasteiger partial charge in [-0.25, -0.2) is 0 Å². The van der Waals surface area contributed by atoms with Crippen LogP contribution in [0.4, 0.5) is 0 Å². The van der Waals surface area contributed by atoms with E-state index in [1.807, 2.05) is 6.92 Å². The highest BCUT2D eigenvalue weighted by atomic mass is 32.2. The molecular formula is C8H16O2S. The smallest absolute Gasteiger partial charge is 0.188 e. The first-order valence-electron chi connectivity index (χ1n) is 4.07. The van der Waals surface area contributed by atoms with Gasteiger partial charge in [0.1, 0.15) is 0 Å². The highest BCUT2D eigenvalue weighted by Crippen LogP contribution is 2.08. The highest BCUT2D eigenvalue weighted by Gasteiger charge is 1.99. The molecule has 0 aliphatic heterocycles. The summed E-state index contributed by atoms with van der Waals surface area (Å²) >= 11 is 1.39. The van der Waals surface area contributed by atoms with E-state index in [1.165, 1.54) is 11.8 Å². The molecule has 0 aliphatic rings. The van der Waals surface area contributed by atoms with Crippen LogP contribution in [-0.4, -0.2) is 22.6 Å². The fraction of sp³-hybridized carbons (Fsp3) is 0.875. The third-order valence-corrected chi connectivity index (χ3v) is 2.16. The quantitative estimate of drug-likeness (QED) is 0.627. The zero-order chi connectivity index (χ0) is 8.53. The molecule has 0 amide bonds. The first-order valence-corrected chi connectivity index (χ1v) is 5.06. The second kappa shape index (κ2) is 8.08. The maximum absolute atomic E-state index is 10.9. The van der Waals surface area contributed by atoms with E-state index in [-0.39, 0.29) is 11.7 Å². The first kappa shape index (κ1) is 11.0. The van der Waals surface area contributed by atoms with Crippen LogP contribution in [0.15, 0.2) is 0 Å². The molecule has 0 aromatic carbocycles. The Morgan fingerprint density at radius 3 is 2.64 bits per heavy atom. The van der Waals surface area contributed by atoms with Crippen LogP contribution in [0, 0.1) is 0 Å². The Hall–Kier alpha value is -0.0200. The molecule has 0 unspecified atom stereocenters. The topological polar surface area (TPSA) is 37.3 Å². The van der Waals surface area contributed by atoms with Gasteiger partial charge in [-0.3, -0.25) is 4.79 Å². The van der Waals surface area contributed by atoms with Crippen molar-refractivity contribution in [3.05, 3.63) is 0 Å². The highest BCUT2D eigenvalue weighted by molar-refractivity contribution is 8.13. The lowest BCUT2D eigenvalue weighted by molar-refractivity contribution is -0.111. The van der Waals surface area contributed by atoms with Crippen LogP contribution < -0.4 is 0 Å². The van der Waals surface area contributed by atoms with Crippen LogP contribution in [0.5, 0.6) is 0 Å². The fourth-order valence-electron chi connectivity index (χ4n) is 0.791. The average molecular weight is 176 g/mol. The second-order valence-corrected chi connectivity index (χ2v) is 3.66. The molecule has 0 radical (unpaired) electrons. The summed E-state index contributed by atoms with van der Waals surface area (Å²) in [5.41, 5.74) is 0. The lowest BCUT2D eigenvalue weighted by Crippen LogP contribution is -1.92. The maximum Gasteiger partial charge on any atom is 0.188 e. The minimum atomic E-state index is 0.245. The van der Waals surface area contributed by atoms with Crippen LogP contribution in [0.1, 0.15) is 32.6 Å². The van der Waals surface area contributed by atoms with Gasteiger partial charge in [-0.1, -0.05) is 25.1 Å². The van der Waals surface area contributed by atoms with Gasteiger partial charge in [0.15, 0.2) is 5.12 Å². The number of aliphatic hydroxyl groups is 1. The van der Waals surface area contributed by atoms with Crippen molar-refractivity contribution in [2.75, 3.05) is 12.4 Å². The van der Waals surface area contributed by atoms with Crippen LogP contribution in [-0.2, 0) is 4.79 Å². The van der Waals surface area contributed by atoms with Crippen LogP contribution in [0.2, 0.25) is 0 Å². The van der Waals surface area contributed by atoms with Gasteiger partial charge in [0.05, 0.1) is 0 Å². The monoisotopic (exact) mass is 176 g/mol. The molecule has 66 valence electrons. The SMILES string of the molecule is CCSC(=O)CCCCCO. The lowest BCUT2D eigenvalue weighted by atomic mass is 10.2. The number of thioether (sulfide) groups is 1. The number of unbranched alkanes of at least 4 members (excludes halogenated alkanes) is 2. The molecule has 0 atom stereocenters. The molecule has 0 spiro atoms. The zero-order valence-corrected chi connectivity index (χ0v) is 7.82. The van der Waals surface area contributed by atoms with Gasteiger partial charge in [0.2, 0.25) is 0 Å². The molecule has 0 aliphatic carbocycles. The third-order valence-electron chi connectivity index (χ3n) is 1.34. The van der Waals surface area contributed by atoms with Crippen molar-refractivity contribution in [1.29, 1.82) is 0 Å². The van der Waals surface area contributed by atoms with E-state index in [4.69, 9.17) is 5.11 Å². The van der Waals surface area contributed by atoms with E-state index < -0.39 is 0 Å². The number of hydrogen-bond acceptors (Lipinski definition) is 3. The zero-order valence-electron chi connectivity index (χ0n) is 7.01. The Morgan fingerprint density at radius 1 is 1.36 bits per heavy atom. The Kier molecular flexibility index (Phi) is 8.07. The molecule has 11 heavy (non-hydrogen) atoms. The van der Waals surface area contributed by atoms with Gasteiger partial charge in [0.25, 0.3) is 0 Å². The fourth-order valence-corrected chi connectivity index (χ4v) is 1.40. The van der Waals surface area contributed by atoms with Crippen molar-refractivity contribution in [3.63, 3.8) is 0 Å². The molecule has 0 saturated heterocycles. The van der Waals surface area contributed by atoms with Crippen molar-refractivity contribution in [3.8, 4) is 0 Å². The minimum absolute atomic E-state index is 0.245. The van der Waals surface area contributed by atoms with Crippen molar-refractivity contribution < 1.29 is 9.90 Å². The maximum atomic E-state index is 10.9. The van der Waals surface area contributed by atoms with Crippen molar-refractivity contribution >= 4 is 16.9 Å². The Morgan fingerprint density at radius 2 is 2.09 bits per heavy atom. The average Bonchev–Trinajstić information content (AvgIpc) is 1.99. The van der Waals surface area contributed by atoms with Gasteiger partial charge in [0, 0.05) is 13.0 Å². The summed E-state index contributed by atoms with van der Waals surface area (Å²) < 4.78 is 0. The van der Waals surface area contributed by atoms with Gasteiger partial charge < -0.3 is 5.11 Å².